The quantitative estimate of drug-likeness (QED) is 0.694. The Bertz CT molecular complexity index is 745. The van der Waals surface area contributed by atoms with E-state index in [0.29, 0.717) is 5.69 Å². The summed E-state index contributed by atoms with van der Waals surface area (Å²) in [6.07, 6.45) is 0. The maximum atomic E-state index is 13.0. The molecule has 3 N–H and O–H groups in total. The summed E-state index contributed by atoms with van der Waals surface area (Å²) in [6.45, 7) is 1.95. The molecule has 0 bridgehead atoms. The zero-order chi connectivity index (χ0) is 14.1. The minimum absolute atomic E-state index is 0.252. The lowest BCUT2D eigenvalue weighted by atomic mass is 10.1. The summed E-state index contributed by atoms with van der Waals surface area (Å²) < 4.78 is 13.0. The first-order valence-corrected chi connectivity index (χ1v) is 6.32. The maximum absolute atomic E-state index is 13.0. The monoisotopic (exact) mass is 267 g/mol. The first kappa shape index (κ1) is 12.4. The van der Waals surface area contributed by atoms with Gasteiger partial charge in [0.2, 0.25) is 0 Å². The van der Waals surface area contributed by atoms with Crippen LogP contribution in [0.5, 0.6) is 0 Å². The summed E-state index contributed by atoms with van der Waals surface area (Å²) in [5.74, 6) is 0.507. The highest BCUT2D eigenvalue weighted by atomic mass is 19.1. The van der Waals surface area contributed by atoms with E-state index in [1.54, 1.807) is 12.1 Å². The summed E-state index contributed by atoms with van der Waals surface area (Å²) in [6, 6.07) is 13.9. The van der Waals surface area contributed by atoms with Crippen LogP contribution in [0.1, 0.15) is 5.69 Å². The summed E-state index contributed by atoms with van der Waals surface area (Å²) in [4.78, 5) is 7.83. The SMILES string of the molecule is Cc1[nH]c(-c2cccc(N)c2)nc1-c1ccc(F)cc1. The third-order valence-corrected chi connectivity index (χ3v) is 3.16. The normalized spacial score (nSPS) is 10.7. The Morgan fingerprint density at radius 3 is 2.50 bits per heavy atom. The topological polar surface area (TPSA) is 54.7 Å². The number of anilines is 1. The standard InChI is InChI=1S/C16H14FN3/c1-10-15(11-5-7-13(17)8-6-11)20-16(19-10)12-3-2-4-14(18)9-12/h2-9H,18H2,1H3,(H,19,20). The number of aromatic nitrogens is 2. The largest absolute Gasteiger partial charge is 0.399 e. The minimum Gasteiger partial charge on any atom is -0.399 e. The van der Waals surface area contributed by atoms with Crippen LogP contribution in [0.3, 0.4) is 0 Å². The van der Waals surface area contributed by atoms with Gasteiger partial charge in [-0.25, -0.2) is 9.37 Å². The van der Waals surface area contributed by atoms with Gasteiger partial charge in [0.05, 0.1) is 5.69 Å². The molecule has 0 saturated heterocycles. The van der Waals surface area contributed by atoms with Gasteiger partial charge in [-0.2, -0.15) is 0 Å². The van der Waals surface area contributed by atoms with Gasteiger partial charge >= 0.3 is 0 Å². The van der Waals surface area contributed by atoms with Crippen molar-refractivity contribution in [1.82, 2.24) is 9.97 Å². The van der Waals surface area contributed by atoms with Crippen molar-refractivity contribution in [3.8, 4) is 22.6 Å². The van der Waals surface area contributed by atoms with Crippen molar-refractivity contribution in [2.24, 2.45) is 0 Å². The van der Waals surface area contributed by atoms with Crippen LogP contribution in [-0.2, 0) is 0 Å². The smallest absolute Gasteiger partial charge is 0.138 e. The van der Waals surface area contributed by atoms with Crippen LogP contribution in [0, 0.1) is 12.7 Å². The number of H-pyrrole nitrogens is 1. The van der Waals surface area contributed by atoms with Gasteiger partial charge in [-0.05, 0) is 43.3 Å². The van der Waals surface area contributed by atoms with Gasteiger partial charge in [0.1, 0.15) is 11.6 Å². The molecule has 0 spiro atoms. The molecule has 4 heteroatoms. The fourth-order valence-electron chi connectivity index (χ4n) is 2.17. The predicted molar refractivity (Wildman–Crippen MR) is 78.6 cm³/mol. The molecule has 0 radical (unpaired) electrons. The minimum atomic E-state index is -0.252. The van der Waals surface area contributed by atoms with Crippen molar-refractivity contribution in [1.29, 1.82) is 0 Å². The number of rotatable bonds is 2. The lowest BCUT2D eigenvalue weighted by Gasteiger charge is -1.98. The van der Waals surface area contributed by atoms with E-state index in [1.165, 1.54) is 12.1 Å². The average Bonchev–Trinajstić information content (AvgIpc) is 2.82. The van der Waals surface area contributed by atoms with Crippen LogP contribution in [0.4, 0.5) is 10.1 Å². The van der Waals surface area contributed by atoms with Gasteiger partial charge in [-0.15, -0.1) is 0 Å². The van der Waals surface area contributed by atoms with Gasteiger partial charge in [-0.3, -0.25) is 0 Å². The third kappa shape index (κ3) is 2.28. The molecule has 3 nitrogen and oxygen atoms in total. The Balaban J connectivity index is 2.05. The van der Waals surface area contributed by atoms with E-state index in [9.17, 15) is 4.39 Å². The number of hydrogen-bond donors (Lipinski definition) is 2. The summed E-state index contributed by atoms with van der Waals surface area (Å²) in [5, 5.41) is 0. The molecule has 0 aliphatic rings. The zero-order valence-electron chi connectivity index (χ0n) is 11.0. The van der Waals surface area contributed by atoms with Gasteiger partial charge in [0, 0.05) is 22.5 Å². The Hall–Kier alpha value is -2.62. The molecule has 1 heterocycles. The molecular formula is C16H14FN3. The van der Waals surface area contributed by atoms with Crippen molar-refractivity contribution >= 4 is 5.69 Å². The molecular weight excluding hydrogens is 253 g/mol. The molecule has 0 aliphatic heterocycles. The number of nitrogen functional groups attached to an aromatic ring is 1. The van der Waals surface area contributed by atoms with Crippen molar-refractivity contribution < 1.29 is 4.39 Å². The Labute approximate surface area is 116 Å². The molecule has 3 aromatic rings. The number of nitrogens with two attached hydrogens (primary N) is 1. The molecule has 0 atom stereocenters. The van der Waals surface area contributed by atoms with Crippen molar-refractivity contribution in [2.75, 3.05) is 5.73 Å². The molecule has 0 saturated carbocycles. The average molecular weight is 267 g/mol. The fourth-order valence-corrected chi connectivity index (χ4v) is 2.17. The number of benzene rings is 2. The van der Waals surface area contributed by atoms with Crippen LogP contribution in [0.25, 0.3) is 22.6 Å². The molecule has 0 aliphatic carbocycles. The van der Waals surface area contributed by atoms with Crippen molar-refractivity contribution in [3.63, 3.8) is 0 Å². The second kappa shape index (κ2) is 4.81. The van der Waals surface area contributed by atoms with E-state index in [2.05, 4.69) is 9.97 Å². The Morgan fingerprint density at radius 2 is 1.80 bits per heavy atom. The van der Waals surface area contributed by atoms with E-state index in [4.69, 9.17) is 5.73 Å². The fraction of sp³-hybridized carbons (Fsp3) is 0.0625. The maximum Gasteiger partial charge on any atom is 0.138 e. The molecule has 100 valence electrons. The molecule has 3 rings (SSSR count). The van der Waals surface area contributed by atoms with E-state index in [-0.39, 0.29) is 5.82 Å². The molecule has 0 amide bonds. The molecule has 1 aromatic heterocycles. The van der Waals surface area contributed by atoms with Crippen LogP contribution in [0.15, 0.2) is 48.5 Å². The van der Waals surface area contributed by atoms with Gasteiger partial charge in [0.25, 0.3) is 0 Å². The highest BCUT2D eigenvalue weighted by Gasteiger charge is 2.10. The lowest BCUT2D eigenvalue weighted by Crippen LogP contribution is -1.86. The van der Waals surface area contributed by atoms with Crippen LogP contribution in [0.2, 0.25) is 0 Å². The molecule has 20 heavy (non-hydrogen) atoms. The van der Waals surface area contributed by atoms with E-state index in [1.807, 2.05) is 31.2 Å². The molecule has 2 aromatic carbocycles. The second-order valence-electron chi connectivity index (χ2n) is 4.69. The van der Waals surface area contributed by atoms with Crippen LogP contribution in [-0.4, -0.2) is 9.97 Å². The third-order valence-electron chi connectivity index (χ3n) is 3.16. The van der Waals surface area contributed by atoms with E-state index < -0.39 is 0 Å². The lowest BCUT2D eigenvalue weighted by molar-refractivity contribution is 0.628. The van der Waals surface area contributed by atoms with Crippen LogP contribution >= 0.6 is 0 Å². The highest BCUT2D eigenvalue weighted by molar-refractivity contribution is 5.68. The van der Waals surface area contributed by atoms with Gasteiger partial charge in [-0.1, -0.05) is 12.1 Å². The summed E-state index contributed by atoms with van der Waals surface area (Å²) >= 11 is 0. The van der Waals surface area contributed by atoms with Crippen molar-refractivity contribution in [3.05, 3.63) is 60.0 Å². The number of imidazole rings is 1. The number of halogens is 1. The number of nitrogens with zero attached hydrogens (tertiary/aromatic N) is 1. The van der Waals surface area contributed by atoms with Crippen LogP contribution < -0.4 is 5.73 Å². The van der Waals surface area contributed by atoms with E-state index in [0.717, 1.165) is 28.3 Å². The first-order valence-electron chi connectivity index (χ1n) is 6.32. The number of aryl methyl sites for hydroxylation is 1. The Morgan fingerprint density at radius 1 is 1.05 bits per heavy atom. The summed E-state index contributed by atoms with van der Waals surface area (Å²) in [7, 11) is 0. The predicted octanol–water partition coefficient (Wildman–Crippen LogP) is 3.77. The Kier molecular flexibility index (Phi) is 2.99. The van der Waals surface area contributed by atoms with Gasteiger partial charge in [0.15, 0.2) is 0 Å². The number of aromatic amines is 1. The molecule has 0 unspecified atom stereocenters. The second-order valence-corrected chi connectivity index (χ2v) is 4.69. The highest BCUT2D eigenvalue weighted by Crippen LogP contribution is 2.26. The van der Waals surface area contributed by atoms with Crippen molar-refractivity contribution in [2.45, 2.75) is 6.92 Å². The number of nitrogens with one attached hydrogen (secondary N) is 1. The molecule has 0 fully saturated rings. The summed E-state index contributed by atoms with van der Waals surface area (Å²) in [5.41, 5.74) is 10.1. The first-order chi connectivity index (χ1) is 9.63. The number of hydrogen-bond acceptors (Lipinski definition) is 2. The van der Waals surface area contributed by atoms with E-state index >= 15 is 0 Å². The van der Waals surface area contributed by atoms with Gasteiger partial charge < -0.3 is 10.7 Å². The zero-order valence-corrected chi connectivity index (χ0v) is 11.0.